The SMILES string of the molecule is COc1ccc(CSC(C)C)cc1N. The number of nitrogens with two attached hydrogens (primary N) is 1. The van der Waals surface area contributed by atoms with E-state index in [1.165, 1.54) is 5.56 Å². The van der Waals surface area contributed by atoms with E-state index in [1.807, 2.05) is 23.9 Å². The van der Waals surface area contributed by atoms with Gasteiger partial charge in [-0.15, -0.1) is 0 Å². The first kappa shape index (κ1) is 11.2. The van der Waals surface area contributed by atoms with Crippen LogP contribution >= 0.6 is 11.8 Å². The van der Waals surface area contributed by atoms with E-state index >= 15 is 0 Å². The topological polar surface area (TPSA) is 35.2 Å². The van der Waals surface area contributed by atoms with Crippen LogP contribution in [0.25, 0.3) is 0 Å². The Bertz CT molecular complexity index is 299. The van der Waals surface area contributed by atoms with Crippen LogP contribution < -0.4 is 10.5 Å². The average Bonchev–Trinajstić information content (AvgIpc) is 2.15. The molecular formula is C11H17NOS. The maximum atomic E-state index is 5.80. The molecule has 0 spiro atoms. The zero-order valence-corrected chi connectivity index (χ0v) is 9.73. The molecule has 0 saturated heterocycles. The molecule has 0 bridgehead atoms. The van der Waals surface area contributed by atoms with Crippen molar-refractivity contribution < 1.29 is 4.74 Å². The Labute approximate surface area is 89.8 Å². The number of benzene rings is 1. The number of anilines is 1. The van der Waals surface area contributed by atoms with Crippen LogP contribution in [0.3, 0.4) is 0 Å². The van der Waals surface area contributed by atoms with Gasteiger partial charge in [-0.25, -0.2) is 0 Å². The highest BCUT2D eigenvalue weighted by Gasteiger charge is 2.01. The van der Waals surface area contributed by atoms with Crippen molar-refractivity contribution in [2.45, 2.75) is 24.9 Å². The summed E-state index contributed by atoms with van der Waals surface area (Å²) in [6.07, 6.45) is 0. The highest BCUT2D eigenvalue weighted by molar-refractivity contribution is 7.99. The zero-order valence-electron chi connectivity index (χ0n) is 8.91. The first-order valence-electron chi connectivity index (χ1n) is 4.67. The highest BCUT2D eigenvalue weighted by atomic mass is 32.2. The Kier molecular flexibility index (Phi) is 4.14. The third-order valence-electron chi connectivity index (χ3n) is 1.88. The standard InChI is InChI=1S/C11H17NOS/c1-8(2)14-7-9-4-5-11(13-3)10(12)6-9/h4-6,8H,7,12H2,1-3H3. The molecule has 0 saturated carbocycles. The summed E-state index contributed by atoms with van der Waals surface area (Å²) in [4.78, 5) is 0. The van der Waals surface area contributed by atoms with Crippen LogP contribution in [0, 0.1) is 0 Å². The summed E-state index contributed by atoms with van der Waals surface area (Å²) in [6, 6.07) is 5.96. The molecule has 0 unspecified atom stereocenters. The lowest BCUT2D eigenvalue weighted by Gasteiger charge is -2.08. The minimum Gasteiger partial charge on any atom is -0.495 e. The predicted octanol–water partition coefficient (Wildman–Crippen LogP) is 2.92. The van der Waals surface area contributed by atoms with E-state index in [0.717, 1.165) is 11.5 Å². The van der Waals surface area contributed by atoms with Gasteiger partial charge in [0.1, 0.15) is 5.75 Å². The molecule has 0 atom stereocenters. The molecule has 0 heterocycles. The van der Waals surface area contributed by atoms with Crippen molar-refractivity contribution in [2.75, 3.05) is 12.8 Å². The van der Waals surface area contributed by atoms with Crippen LogP contribution in [-0.4, -0.2) is 12.4 Å². The number of hydrogen-bond acceptors (Lipinski definition) is 3. The van der Waals surface area contributed by atoms with E-state index in [9.17, 15) is 0 Å². The van der Waals surface area contributed by atoms with Gasteiger partial charge >= 0.3 is 0 Å². The van der Waals surface area contributed by atoms with Crippen molar-refractivity contribution in [1.82, 2.24) is 0 Å². The molecule has 2 N–H and O–H groups in total. The van der Waals surface area contributed by atoms with Gasteiger partial charge in [0.05, 0.1) is 12.8 Å². The van der Waals surface area contributed by atoms with Gasteiger partial charge < -0.3 is 10.5 Å². The molecule has 1 rings (SSSR count). The second-order valence-electron chi connectivity index (χ2n) is 3.44. The Morgan fingerprint density at radius 3 is 2.64 bits per heavy atom. The monoisotopic (exact) mass is 211 g/mol. The summed E-state index contributed by atoms with van der Waals surface area (Å²) >= 11 is 1.91. The first-order valence-corrected chi connectivity index (χ1v) is 5.72. The molecule has 14 heavy (non-hydrogen) atoms. The maximum absolute atomic E-state index is 5.80. The molecule has 0 aliphatic heterocycles. The lowest BCUT2D eigenvalue weighted by Crippen LogP contribution is -1.94. The van der Waals surface area contributed by atoms with Gasteiger partial charge in [0.15, 0.2) is 0 Å². The molecule has 0 aliphatic rings. The minimum atomic E-state index is 0.651. The third-order valence-corrected chi connectivity index (χ3v) is 3.04. The third kappa shape index (κ3) is 3.14. The Balaban J connectivity index is 2.66. The maximum Gasteiger partial charge on any atom is 0.141 e. The molecule has 0 fully saturated rings. The molecule has 78 valence electrons. The number of thioether (sulfide) groups is 1. The molecule has 0 aliphatic carbocycles. The van der Waals surface area contributed by atoms with E-state index in [1.54, 1.807) is 7.11 Å². The van der Waals surface area contributed by atoms with Crippen molar-refractivity contribution in [3.05, 3.63) is 23.8 Å². The molecule has 0 radical (unpaired) electrons. The number of methoxy groups -OCH3 is 1. The van der Waals surface area contributed by atoms with Gasteiger partial charge in [-0.1, -0.05) is 19.9 Å². The van der Waals surface area contributed by atoms with Crippen molar-refractivity contribution in [2.24, 2.45) is 0 Å². The fourth-order valence-corrected chi connectivity index (χ4v) is 1.84. The van der Waals surface area contributed by atoms with E-state index in [0.29, 0.717) is 10.9 Å². The van der Waals surface area contributed by atoms with Crippen LogP contribution in [0.1, 0.15) is 19.4 Å². The van der Waals surface area contributed by atoms with Gasteiger partial charge in [0.2, 0.25) is 0 Å². The molecule has 1 aromatic carbocycles. The van der Waals surface area contributed by atoms with Crippen LogP contribution in [-0.2, 0) is 5.75 Å². The summed E-state index contributed by atoms with van der Waals surface area (Å²) in [5.41, 5.74) is 7.77. The minimum absolute atomic E-state index is 0.651. The van der Waals surface area contributed by atoms with Gasteiger partial charge in [0.25, 0.3) is 0 Å². The molecule has 1 aromatic rings. The van der Waals surface area contributed by atoms with Crippen LogP contribution in [0.5, 0.6) is 5.75 Å². The Hall–Kier alpha value is -0.830. The second kappa shape index (κ2) is 5.15. The van der Waals surface area contributed by atoms with E-state index in [-0.39, 0.29) is 0 Å². The molecule has 2 nitrogen and oxygen atoms in total. The van der Waals surface area contributed by atoms with Crippen molar-refractivity contribution in [3.63, 3.8) is 0 Å². The predicted molar refractivity (Wildman–Crippen MR) is 63.8 cm³/mol. The van der Waals surface area contributed by atoms with E-state index in [4.69, 9.17) is 10.5 Å². The van der Waals surface area contributed by atoms with Crippen LogP contribution in [0.15, 0.2) is 18.2 Å². The zero-order chi connectivity index (χ0) is 10.6. The second-order valence-corrected chi connectivity index (χ2v) is 5.00. The number of ether oxygens (including phenoxy) is 1. The summed E-state index contributed by atoms with van der Waals surface area (Å²) in [7, 11) is 1.63. The van der Waals surface area contributed by atoms with E-state index < -0.39 is 0 Å². The smallest absolute Gasteiger partial charge is 0.141 e. The average molecular weight is 211 g/mol. The lowest BCUT2D eigenvalue weighted by atomic mass is 10.2. The summed E-state index contributed by atoms with van der Waals surface area (Å²) in [6.45, 7) is 4.38. The fraction of sp³-hybridized carbons (Fsp3) is 0.455. The van der Waals surface area contributed by atoms with Crippen LogP contribution in [0.4, 0.5) is 5.69 Å². The van der Waals surface area contributed by atoms with Gasteiger partial charge in [0, 0.05) is 5.75 Å². The number of rotatable bonds is 4. The Morgan fingerprint density at radius 2 is 2.14 bits per heavy atom. The van der Waals surface area contributed by atoms with Crippen molar-refractivity contribution in [3.8, 4) is 5.75 Å². The number of nitrogen functional groups attached to an aromatic ring is 1. The molecule has 0 amide bonds. The number of hydrogen-bond donors (Lipinski definition) is 1. The lowest BCUT2D eigenvalue weighted by molar-refractivity contribution is 0.417. The van der Waals surface area contributed by atoms with Crippen molar-refractivity contribution >= 4 is 17.4 Å². The molecule has 3 heteroatoms. The van der Waals surface area contributed by atoms with Gasteiger partial charge in [-0.3, -0.25) is 0 Å². The summed E-state index contributed by atoms with van der Waals surface area (Å²) in [5, 5.41) is 0.651. The molecular weight excluding hydrogens is 194 g/mol. The largest absolute Gasteiger partial charge is 0.495 e. The highest BCUT2D eigenvalue weighted by Crippen LogP contribution is 2.25. The van der Waals surface area contributed by atoms with Crippen LogP contribution in [0.2, 0.25) is 0 Å². The van der Waals surface area contributed by atoms with Gasteiger partial charge in [-0.05, 0) is 22.9 Å². The summed E-state index contributed by atoms with van der Waals surface area (Å²) in [5.74, 6) is 1.76. The van der Waals surface area contributed by atoms with Crippen molar-refractivity contribution in [1.29, 1.82) is 0 Å². The normalized spacial score (nSPS) is 10.6. The molecule has 0 aromatic heterocycles. The fourth-order valence-electron chi connectivity index (χ4n) is 1.14. The quantitative estimate of drug-likeness (QED) is 0.778. The van der Waals surface area contributed by atoms with Gasteiger partial charge in [-0.2, -0.15) is 11.8 Å². The summed E-state index contributed by atoms with van der Waals surface area (Å²) < 4.78 is 5.09. The van der Waals surface area contributed by atoms with E-state index in [2.05, 4.69) is 19.9 Å². The first-order chi connectivity index (χ1) is 6.63. The Morgan fingerprint density at radius 1 is 1.43 bits per heavy atom.